The average Bonchev–Trinajstić information content (AvgIpc) is 2.99. The van der Waals surface area contributed by atoms with Gasteiger partial charge in [-0.05, 0) is 37.6 Å². The standard InChI is InChI=1S/C16H19N5O3/c1-4-24-16(23)20-19-11(2)12-6-5-7-13(10-12)18-15(22)14-8-9-17-21(14)3/h5-10H,4H2,1-3H3,(H,18,22)(H,20,23)/b19-11-. The molecule has 0 atom stereocenters. The molecule has 0 aliphatic rings. The molecule has 0 spiro atoms. The van der Waals surface area contributed by atoms with Crippen LogP contribution < -0.4 is 10.7 Å². The Morgan fingerprint density at radius 2 is 2.12 bits per heavy atom. The number of ether oxygens (including phenoxy) is 1. The van der Waals surface area contributed by atoms with E-state index in [1.165, 1.54) is 4.68 Å². The van der Waals surface area contributed by atoms with Crippen LogP contribution in [-0.2, 0) is 11.8 Å². The van der Waals surface area contributed by atoms with E-state index in [9.17, 15) is 9.59 Å². The number of rotatable bonds is 5. The fourth-order valence-electron chi connectivity index (χ4n) is 1.97. The third-order valence-electron chi connectivity index (χ3n) is 3.18. The maximum absolute atomic E-state index is 12.2. The molecule has 1 aromatic heterocycles. The third kappa shape index (κ3) is 4.42. The van der Waals surface area contributed by atoms with E-state index in [0.29, 0.717) is 17.1 Å². The van der Waals surface area contributed by atoms with E-state index < -0.39 is 6.09 Å². The summed E-state index contributed by atoms with van der Waals surface area (Å²) in [6, 6.07) is 8.78. The number of anilines is 1. The Labute approximate surface area is 139 Å². The highest BCUT2D eigenvalue weighted by molar-refractivity contribution is 6.04. The zero-order valence-corrected chi connectivity index (χ0v) is 13.7. The minimum Gasteiger partial charge on any atom is -0.449 e. The third-order valence-corrected chi connectivity index (χ3v) is 3.18. The molecule has 2 N–H and O–H groups in total. The zero-order chi connectivity index (χ0) is 17.5. The summed E-state index contributed by atoms with van der Waals surface area (Å²) >= 11 is 0. The summed E-state index contributed by atoms with van der Waals surface area (Å²) in [7, 11) is 1.70. The van der Waals surface area contributed by atoms with Gasteiger partial charge in [0.2, 0.25) is 0 Å². The van der Waals surface area contributed by atoms with Crippen molar-refractivity contribution in [3.8, 4) is 0 Å². The number of hydrazone groups is 1. The van der Waals surface area contributed by atoms with E-state index in [-0.39, 0.29) is 12.5 Å². The summed E-state index contributed by atoms with van der Waals surface area (Å²) in [5.74, 6) is -0.258. The van der Waals surface area contributed by atoms with Gasteiger partial charge in [0.15, 0.2) is 0 Å². The van der Waals surface area contributed by atoms with Crippen molar-refractivity contribution >= 4 is 23.4 Å². The Morgan fingerprint density at radius 1 is 1.33 bits per heavy atom. The lowest BCUT2D eigenvalue weighted by atomic mass is 10.1. The predicted octanol–water partition coefficient (Wildman–Crippen LogP) is 2.14. The highest BCUT2D eigenvalue weighted by Gasteiger charge is 2.10. The molecule has 0 saturated carbocycles. The molecule has 2 rings (SSSR count). The Morgan fingerprint density at radius 3 is 2.79 bits per heavy atom. The zero-order valence-electron chi connectivity index (χ0n) is 13.7. The molecular weight excluding hydrogens is 310 g/mol. The van der Waals surface area contributed by atoms with Crippen LogP contribution in [0.2, 0.25) is 0 Å². The van der Waals surface area contributed by atoms with Gasteiger partial charge in [0, 0.05) is 18.9 Å². The Balaban J connectivity index is 2.08. The van der Waals surface area contributed by atoms with E-state index in [0.717, 1.165) is 5.56 Å². The van der Waals surface area contributed by atoms with E-state index >= 15 is 0 Å². The van der Waals surface area contributed by atoms with Crippen molar-refractivity contribution in [2.24, 2.45) is 12.1 Å². The predicted molar refractivity (Wildman–Crippen MR) is 90.0 cm³/mol. The first-order valence-electron chi connectivity index (χ1n) is 7.38. The van der Waals surface area contributed by atoms with Crippen LogP contribution in [0.25, 0.3) is 0 Å². The Kier molecular flexibility index (Phi) is 5.67. The van der Waals surface area contributed by atoms with Gasteiger partial charge in [-0.15, -0.1) is 0 Å². The monoisotopic (exact) mass is 329 g/mol. The Hall–Kier alpha value is -3.16. The molecule has 1 aromatic carbocycles. The van der Waals surface area contributed by atoms with Gasteiger partial charge in [0.05, 0.1) is 12.3 Å². The first-order valence-corrected chi connectivity index (χ1v) is 7.38. The first kappa shape index (κ1) is 17.2. The summed E-state index contributed by atoms with van der Waals surface area (Å²) in [5, 5.41) is 10.7. The summed E-state index contributed by atoms with van der Waals surface area (Å²) in [4.78, 5) is 23.4. The van der Waals surface area contributed by atoms with Gasteiger partial charge in [0.1, 0.15) is 5.69 Å². The van der Waals surface area contributed by atoms with E-state index in [1.54, 1.807) is 51.4 Å². The quantitative estimate of drug-likeness (QED) is 0.648. The van der Waals surface area contributed by atoms with Crippen LogP contribution in [0.4, 0.5) is 10.5 Å². The number of nitrogens with one attached hydrogen (secondary N) is 2. The lowest BCUT2D eigenvalue weighted by molar-refractivity contribution is 0.101. The summed E-state index contributed by atoms with van der Waals surface area (Å²) in [5.41, 5.74) is 4.71. The van der Waals surface area contributed by atoms with Gasteiger partial charge in [0.25, 0.3) is 5.91 Å². The normalized spacial score (nSPS) is 11.0. The number of hydrogen-bond donors (Lipinski definition) is 2. The minimum atomic E-state index is -0.613. The highest BCUT2D eigenvalue weighted by atomic mass is 16.5. The number of carbonyl (C=O) groups excluding carboxylic acids is 2. The summed E-state index contributed by atoms with van der Waals surface area (Å²) in [6.45, 7) is 3.73. The van der Waals surface area contributed by atoms with Crippen molar-refractivity contribution < 1.29 is 14.3 Å². The van der Waals surface area contributed by atoms with E-state index in [2.05, 4.69) is 20.9 Å². The molecule has 24 heavy (non-hydrogen) atoms. The van der Waals surface area contributed by atoms with Gasteiger partial charge in [-0.2, -0.15) is 10.2 Å². The SMILES string of the molecule is CCOC(=O)N/N=C(/C)c1cccc(NC(=O)c2ccnn2C)c1. The number of aryl methyl sites for hydroxylation is 1. The van der Waals surface area contributed by atoms with Crippen LogP contribution in [0, 0.1) is 0 Å². The lowest BCUT2D eigenvalue weighted by Gasteiger charge is -2.08. The van der Waals surface area contributed by atoms with Crippen molar-refractivity contribution in [1.82, 2.24) is 15.2 Å². The largest absolute Gasteiger partial charge is 0.449 e. The summed E-state index contributed by atoms with van der Waals surface area (Å²) < 4.78 is 6.23. The molecule has 0 unspecified atom stereocenters. The van der Waals surface area contributed by atoms with E-state index in [4.69, 9.17) is 4.74 Å². The van der Waals surface area contributed by atoms with Gasteiger partial charge in [-0.25, -0.2) is 10.2 Å². The highest BCUT2D eigenvalue weighted by Crippen LogP contribution is 2.13. The first-order chi connectivity index (χ1) is 11.5. The van der Waals surface area contributed by atoms with E-state index in [1.807, 2.05) is 6.07 Å². The van der Waals surface area contributed by atoms with Crippen LogP contribution in [0.1, 0.15) is 29.9 Å². The molecule has 0 bridgehead atoms. The molecule has 8 nitrogen and oxygen atoms in total. The lowest BCUT2D eigenvalue weighted by Crippen LogP contribution is -2.20. The van der Waals surface area contributed by atoms with Crippen molar-refractivity contribution in [3.63, 3.8) is 0 Å². The van der Waals surface area contributed by atoms with Crippen LogP contribution in [0.3, 0.4) is 0 Å². The maximum atomic E-state index is 12.2. The smallest absolute Gasteiger partial charge is 0.427 e. The topological polar surface area (TPSA) is 97.6 Å². The van der Waals surface area contributed by atoms with Crippen LogP contribution in [0.5, 0.6) is 0 Å². The van der Waals surface area contributed by atoms with Gasteiger partial charge >= 0.3 is 6.09 Å². The van der Waals surface area contributed by atoms with Crippen molar-refractivity contribution in [2.75, 3.05) is 11.9 Å². The van der Waals surface area contributed by atoms with Gasteiger partial charge in [-0.1, -0.05) is 12.1 Å². The maximum Gasteiger partial charge on any atom is 0.427 e. The van der Waals surface area contributed by atoms with Gasteiger partial charge in [-0.3, -0.25) is 9.48 Å². The minimum absolute atomic E-state index is 0.258. The molecule has 2 aromatic rings. The second kappa shape index (κ2) is 7.91. The molecule has 126 valence electrons. The van der Waals surface area contributed by atoms with Crippen LogP contribution >= 0.6 is 0 Å². The fourth-order valence-corrected chi connectivity index (χ4v) is 1.97. The Bertz CT molecular complexity index is 767. The average molecular weight is 329 g/mol. The molecular formula is C16H19N5O3. The second-order valence-electron chi connectivity index (χ2n) is 4.90. The molecule has 0 fully saturated rings. The fraction of sp³-hybridized carbons (Fsp3) is 0.250. The number of hydrogen-bond acceptors (Lipinski definition) is 5. The summed E-state index contributed by atoms with van der Waals surface area (Å²) in [6.07, 6.45) is 0.945. The number of amides is 2. The van der Waals surface area contributed by atoms with Crippen molar-refractivity contribution in [2.45, 2.75) is 13.8 Å². The molecule has 0 aliphatic heterocycles. The molecule has 0 saturated heterocycles. The van der Waals surface area contributed by atoms with Crippen LogP contribution in [0.15, 0.2) is 41.6 Å². The number of nitrogens with zero attached hydrogens (tertiary/aromatic N) is 3. The van der Waals surface area contributed by atoms with Gasteiger partial charge < -0.3 is 10.1 Å². The molecule has 2 amide bonds. The van der Waals surface area contributed by atoms with Crippen LogP contribution in [-0.4, -0.2) is 34.1 Å². The molecule has 8 heteroatoms. The van der Waals surface area contributed by atoms with Crippen molar-refractivity contribution in [3.05, 3.63) is 47.8 Å². The molecule has 0 radical (unpaired) electrons. The number of carbonyl (C=O) groups is 2. The number of benzene rings is 1. The number of aromatic nitrogens is 2. The second-order valence-corrected chi connectivity index (χ2v) is 4.90. The molecule has 0 aliphatic carbocycles. The molecule has 1 heterocycles. The van der Waals surface area contributed by atoms with Crippen molar-refractivity contribution in [1.29, 1.82) is 0 Å².